The van der Waals surface area contributed by atoms with Gasteiger partial charge in [-0.15, -0.1) is 0 Å². The summed E-state index contributed by atoms with van der Waals surface area (Å²) < 4.78 is 0. The number of unbranched alkanes of at least 4 members (excludes halogenated alkanes) is 2. The summed E-state index contributed by atoms with van der Waals surface area (Å²) in [6.45, 7) is 4.72. The van der Waals surface area contributed by atoms with E-state index < -0.39 is 6.09 Å². The zero-order valence-electron chi connectivity index (χ0n) is 7.75. The van der Waals surface area contributed by atoms with Crippen molar-refractivity contribution in [3.8, 4) is 0 Å². The van der Waals surface area contributed by atoms with Crippen LogP contribution in [0, 0.1) is 0 Å². The summed E-state index contributed by atoms with van der Waals surface area (Å²) in [6.07, 6.45) is 1.98. The predicted molar refractivity (Wildman–Crippen MR) is 45.9 cm³/mol. The second-order valence-corrected chi connectivity index (χ2v) is 2.51. The van der Waals surface area contributed by atoms with Gasteiger partial charge in [0.05, 0.1) is 13.2 Å². The van der Waals surface area contributed by atoms with Crippen molar-refractivity contribution in [1.29, 1.82) is 0 Å². The Morgan fingerprint density at radius 3 is 2.50 bits per heavy atom. The smallest absolute Gasteiger partial charge is 0.431 e. The maximum atomic E-state index is 10.5. The molecule has 0 rings (SSSR count). The molecule has 0 aliphatic heterocycles. The van der Waals surface area contributed by atoms with Gasteiger partial charge in [-0.25, -0.2) is 4.79 Å². The van der Waals surface area contributed by atoms with Crippen LogP contribution in [0.1, 0.15) is 33.1 Å². The van der Waals surface area contributed by atoms with E-state index in [1.165, 1.54) is 0 Å². The maximum Gasteiger partial charge on any atom is 0.431 e. The average molecular weight is 175 g/mol. The van der Waals surface area contributed by atoms with Gasteiger partial charge < -0.3 is 5.11 Å². The molecule has 0 spiro atoms. The van der Waals surface area contributed by atoms with E-state index in [1.807, 2.05) is 0 Å². The molecular formula is C8H17NO3. The first-order valence-electron chi connectivity index (χ1n) is 4.35. The minimum absolute atomic E-state index is 0.401. The van der Waals surface area contributed by atoms with Gasteiger partial charge in [0.25, 0.3) is 0 Å². The molecule has 4 nitrogen and oxygen atoms in total. The summed E-state index contributed by atoms with van der Waals surface area (Å²) >= 11 is 0. The van der Waals surface area contributed by atoms with Crippen molar-refractivity contribution in [2.45, 2.75) is 33.1 Å². The van der Waals surface area contributed by atoms with E-state index in [9.17, 15) is 4.79 Å². The van der Waals surface area contributed by atoms with E-state index >= 15 is 0 Å². The molecule has 0 saturated carbocycles. The molecule has 0 fully saturated rings. The molecule has 0 heterocycles. The monoisotopic (exact) mass is 175 g/mol. The first kappa shape index (κ1) is 11.2. The van der Waals surface area contributed by atoms with Crippen LogP contribution in [0.25, 0.3) is 0 Å². The lowest BCUT2D eigenvalue weighted by Crippen LogP contribution is -2.30. The van der Waals surface area contributed by atoms with Crippen molar-refractivity contribution in [2.24, 2.45) is 0 Å². The summed E-state index contributed by atoms with van der Waals surface area (Å²) in [7, 11) is 0. The lowest BCUT2D eigenvalue weighted by molar-refractivity contribution is -0.126. The minimum atomic E-state index is -1.01. The quantitative estimate of drug-likeness (QED) is 0.497. The molecule has 0 radical (unpaired) electrons. The third-order valence-corrected chi connectivity index (χ3v) is 1.46. The van der Waals surface area contributed by atoms with Crippen LogP contribution < -0.4 is 0 Å². The van der Waals surface area contributed by atoms with E-state index in [4.69, 9.17) is 9.94 Å². The van der Waals surface area contributed by atoms with Gasteiger partial charge >= 0.3 is 6.09 Å². The van der Waals surface area contributed by atoms with Gasteiger partial charge in [0.2, 0.25) is 0 Å². The highest BCUT2D eigenvalue weighted by atomic mass is 16.7. The Morgan fingerprint density at radius 1 is 1.42 bits per heavy atom. The summed E-state index contributed by atoms with van der Waals surface area (Å²) in [5.41, 5.74) is 0. The molecule has 0 saturated heterocycles. The SMILES string of the molecule is CCCCCN(OCC)C(=O)O. The number of carboxylic acid groups (broad SMARTS) is 1. The molecule has 0 aromatic carbocycles. The predicted octanol–water partition coefficient (Wildman–Crippen LogP) is 2.11. The fraction of sp³-hybridized carbons (Fsp3) is 0.875. The number of carbonyl (C=O) groups is 1. The summed E-state index contributed by atoms with van der Waals surface area (Å²) in [6, 6.07) is 0. The topological polar surface area (TPSA) is 49.8 Å². The summed E-state index contributed by atoms with van der Waals surface area (Å²) in [5, 5.41) is 9.60. The van der Waals surface area contributed by atoms with E-state index in [2.05, 4.69) is 6.92 Å². The Hall–Kier alpha value is -0.770. The number of amides is 1. The van der Waals surface area contributed by atoms with E-state index in [0.29, 0.717) is 13.2 Å². The summed E-state index contributed by atoms with van der Waals surface area (Å²) in [5.74, 6) is 0. The number of rotatable bonds is 6. The zero-order valence-corrected chi connectivity index (χ0v) is 7.75. The normalized spacial score (nSPS) is 9.83. The van der Waals surface area contributed by atoms with Crippen LogP contribution in [0.5, 0.6) is 0 Å². The van der Waals surface area contributed by atoms with Crippen molar-refractivity contribution < 1.29 is 14.7 Å². The van der Waals surface area contributed by atoms with Gasteiger partial charge in [0, 0.05) is 0 Å². The van der Waals surface area contributed by atoms with Crippen LogP contribution in [-0.4, -0.2) is 29.4 Å². The Kier molecular flexibility index (Phi) is 6.47. The van der Waals surface area contributed by atoms with E-state index in [-0.39, 0.29) is 0 Å². The second kappa shape index (κ2) is 6.91. The van der Waals surface area contributed by atoms with Crippen molar-refractivity contribution in [3.63, 3.8) is 0 Å². The highest BCUT2D eigenvalue weighted by Gasteiger charge is 2.09. The number of nitrogens with zero attached hydrogens (tertiary/aromatic N) is 1. The molecule has 4 heteroatoms. The van der Waals surface area contributed by atoms with Gasteiger partial charge in [0.1, 0.15) is 0 Å². The molecule has 0 bridgehead atoms. The van der Waals surface area contributed by atoms with Gasteiger partial charge in [-0.3, -0.25) is 4.84 Å². The van der Waals surface area contributed by atoms with Crippen LogP contribution in [-0.2, 0) is 4.84 Å². The molecule has 0 aromatic heterocycles. The number of hydrogen-bond acceptors (Lipinski definition) is 2. The Balaban J connectivity index is 3.56. The number of hydrogen-bond donors (Lipinski definition) is 1. The minimum Gasteiger partial charge on any atom is -0.463 e. The highest BCUT2D eigenvalue weighted by Crippen LogP contribution is 1.99. The molecule has 0 aromatic rings. The first-order valence-corrected chi connectivity index (χ1v) is 4.35. The van der Waals surface area contributed by atoms with Gasteiger partial charge in [-0.05, 0) is 13.3 Å². The summed E-state index contributed by atoms with van der Waals surface area (Å²) in [4.78, 5) is 15.4. The first-order chi connectivity index (χ1) is 5.72. The maximum absolute atomic E-state index is 10.5. The molecule has 72 valence electrons. The number of hydroxylamine groups is 2. The van der Waals surface area contributed by atoms with Crippen molar-refractivity contribution >= 4 is 6.09 Å². The van der Waals surface area contributed by atoms with Gasteiger partial charge in [-0.1, -0.05) is 19.8 Å². The van der Waals surface area contributed by atoms with Crippen LogP contribution in [0.3, 0.4) is 0 Å². The van der Waals surface area contributed by atoms with Crippen molar-refractivity contribution in [3.05, 3.63) is 0 Å². The van der Waals surface area contributed by atoms with Crippen LogP contribution >= 0.6 is 0 Å². The second-order valence-electron chi connectivity index (χ2n) is 2.51. The lowest BCUT2D eigenvalue weighted by Gasteiger charge is -2.16. The Bertz CT molecular complexity index is 127. The molecule has 0 aliphatic rings. The molecule has 1 N–H and O–H groups in total. The zero-order chi connectivity index (χ0) is 9.40. The molecule has 0 unspecified atom stereocenters. The molecular weight excluding hydrogens is 158 g/mol. The van der Waals surface area contributed by atoms with Crippen molar-refractivity contribution in [1.82, 2.24) is 5.06 Å². The largest absolute Gasteiger partial charge is 0.463 e. The average Bonchev–Trinajstić information content (AvgIpc) is 2.03. The molecule has 0 aliphatic carbocycles. The third kappa shape index (κ3) is 4.96. The molecule has 12 heavy (non-hydrogen) atoms. The molecule has 0 atom stereocenters. The van der Waals surface area contributed by atoms with Crippen LogP contribution in [0.15, 0.2) is 0 Å². The third-order valence-electron chi connectivity index (χ3n) is 1.46. The van der Waals surface area contributed by atoms with E-state index in [0.717, 1.165) is 24.3 Å². The Morgan fingerprint density at radius 2 is 2.08 bits per heavy atom. The van der Waals surface area contributed by atoms with E-state index in [1.54, 1.807) is 6.92 Å². The molecule has 1 amide bonds. The fourth-order valence-corrected chi connectivity index (χ4v) is 0.877. The van der Waals surface area contributed by atoms with Gasteiger partial charge in [-0.2, -0.15) is 5.06 Å². The van der Waals surface area contributed by atoms with Crippen LogP contribution in [0.4, 0.5) is 4.79 Å². The van der Waals surface area contributed by atoms with Crippen molar-refractivity contribution in [2.75, 3.05) is 13.2 Å². The van der Waals surface area contributed by atoms with Crippen LogP contribution in [0.2, 0.25) is 0 Å². The fourth-order valence-electron chi connectivity index (χ4n) is 0.877. The Labute approximate surface area is 73.1 Å². The lowest BCUT2D eigenvalue weighted by atomic mass is 10.2. The standard InChI is InChI=1S/C8H17NO3/c1-3-5-6-7-9(8(10)11)12-4-2/h3-7H2,1-2H3,(H,10,11). The highest BCUT2D eigenvalue weighted by molar-refractivity contribution is 5.63. The van der Waals surface area contributed by atoms with Gasteiger partial charge in [0.15, 0.2) is 0 Å².